The molecule has 116 valence electrons. The first kappa shape index (κ1) is 16.6. The van der Waals surface area contributed by atoms with Crippen molar-refractivity contribution in [2.45, 2.75) is 13.3 Å². The average Bonchev–Trinajstić information content (AvgIpc) is 2.65. The van der Waals surface area contributed by atoms with Crippen LogP contribution in [-0.2, 0) is 0 Å². The molecule has 0 unspecified atom stereocenters. The lowest BCUT2D eigenvalue weighted by molar-refractivity contribution is -0.462. The van der Waals surface area contributed by atoms with E-state index in [9.17, 15) is 0 Å². The number of hydrogen-bond acceptors (Lipinski definition) is 3. The van der Waals surface area contributed by atoms with E-state index >= 15 is 0 Å². The molecule has 0 saturated carbocycles. The van der Waals surface area contributed by atoms with Crippen molar-refractivity contribution >= 4 is 23.2 Å². The predicted octanol–water partition coefficient (Wildman–Crippen LogP) is 3.59. The van der Waals surface area contributed by atoms with Gasteiger partial charge in [-0.05, 0) is 36.1 Å². The molecule has 0 atom stereocenters. The number of aliphatic imine (C=N–C) groups is 1. The van der Waals surface area contributed by atoms with Crippen molar-refractivity contribution in [2.24, 2.45) is 4.99 Å². The third kappa shape index (κ3) is 4.60. The molecule has 22 heavy (non-hydrogen) atoms. The third-order valence-electron chi connectivity index (χ3n) is 3.38. The Morgan fingerprint density at radius 1 is 1.18 bits per heavy atom. The van der Waals surface area contributed by atoms with Crippen LogP contribution in [0.5, 0.6) is 0 Å². The fourth-order valence-electron chi connectivity index (χ4n) is 2.17. The van der Waals surface area contributed by atoms with Crippen molar-refractivity contribution in [1.82, 2.24) is 4.90 Å². The Hall–Kier alpha value is -1.81. The first-order valence-corrected chi connectivity index (χ1v) is 8.17. The van der Waals surface area contributed by atoms with Crippen LogP contribution in [-0.4, -0.2) is 49.1 Å². The summed E-state index contributed by atoms with van der Waals surface area (Å²) in [6.45, 7) is 2.16. The van der Waals surface area contributed by atoms with Gasteiger partial charge in [-0.2, -0.15) is 0 Å². The van der Waals surface area contributed by atoms with E-state index in [1.54, 1.807) is 0 Å². The number of fused-ring (bicyclic) bond motifs is 2. The van der Waals surface area contributed by atoms with Gasteiger partial charge < -0.3 is 4.90 Å². The topological polar surface area (TPSA) is 18.6 Å². The molecular weight excluding hydrogens is 290 g/mol. The smallest absolute Gasteiger partial charge is 0.200 e. The summed E-state index contributed by atoms with van der Waals surface area (Å²) in [7, 11) is 8.25. The maximum absolute atomic E-state index is 4.60. The Morgan fingerprint density at radius 3 is 2.64 bits per heavy atom. The number of rotatable bonds is 1. The van der Waals surface area contributed by atoms with Gasteiger partial charge in [0.25, 0.3) is 0 Å². The van der Waals surface area contributed by atoms with E-state index in [1.807, 2.05) is 24.0 Å². The largest absolute Gasteiger partial charge is 0.378 e. The molecule has 0 amide bonds. The van der Waals surface area contributed by atoms with Crippen LogP contribution < -0.4 is 0 Å². The highest BCUT2D eigenvalue weighted by molar-refractivity contribution is 8.06. The molecule has 2 aliphatic rings. The fraction of sp³-hybridized carbons (Fsp3) is 0.333. The zero-order chi connectivity index (χ0) is 16.1. The van der Waals surface area contributed by atoms with Crippen molar-refractivity contribution in [2.75, 3.05) is 28.2 Å². The van der Waals surface area contributed by atoms with Crippen LogP contribution in [0.15, 0.2) is 63.2 Å². The van der Waals surface area contributed by atoms with Crippen LogP contribution in [0.1, 0.15) is 13.3 Å². The Bertz CT molecular complexity index is 652. The first-order valence-electron chi connectivity index (χ1n) is 7.35. The molecule has 0 aromatic carbocycles. The summed E-state index contributed by atoms with van der Waals surface area (Å²) < 4.78 is 2.13. The van der Waals surface area contributed by atoms with E-state index in [-0.39, 0.29) is 0 Å². The molecule has 1 heterocycles. The summed E-state index contributed by atoms with van der Waals surface area (Å²) in [4.78, 5) is 9.30. The average molecular weight is 314 g/mol. The number of thioether (sulfide) groups is 1. The minimum Gasteiger partial charge on any atom is -0.378 e. The van der Waals surface area contributed by atoms with Gasteiger partial charge in [-0.15, -0.1) is 0 Å². The lowest BCUT2D eigenvalue weighted by Gasteiger charge is -2.14. The van der Waals surface area contributed by atoms with E-state index in [4.69, 9.17) is 0 Å². The van der Waals surface area contributed by atoms with Crippen molar-refractivity contribution in [3.63, 3.8) is 0 Å². The minimum atomic E-state index is 0.866. The quantitative estimate of drug-likeness (QED) is 0.689. The molecule has 2 rings (SSSR count). The van der Waals surface area contributed by atoms with E-state index in [0.29, 0.717) is 0 Å². The molecule has 3 nitrogen and oxygen atoms in total. The van der Waals surface area contributed by atoms with Crippen molar-refractivity contribution in [1.29, 1.82) is 0 Å². The van der Waals surface area contributed by atoms with Gasteiger partial charge >= 0.3 is 0 Å². The predicted molar refractivity (Wildman–Crippen MR) is 98.6 cm³/mol. The Morgan fingerprint density at radius 2 is 1.95 bits per heavy atom. The van der Waals surface area contributed by atoms with E-state index in [2.05, 4.69) is 80.0 Å². The van der Waals surface area contributed by atoms with E-state index in [0.717, 1.165) is 12.1 Å². The number of allylic oxidation sites excluding steroid dienone is 8. The third-order valence-corrected chi connectivity index (χ3v) is 4.34. The van der Waals surface area contributed by atoms with E-state index < -0.39 is 0 Å². The summed E-state index contributed by atoms with van der Waals surface area (Å²) >= 11 is 1.82. The monoisotopic (exact) mass is 314 g/mol. The van der Waals surface area contributed by atoms with Gasteiger partial charge in [-0.25, -0.2) is 4.58 Å². The molecule has 4 heteroatoms. The first-order chi connectivity index (χ1) is 10.5. The van der Waals surface area contributed by atoms with Gasteiger partial charge in [0.15, 0.2) is 5.71 Å². The SMILES string of the molecule is CC1=CC(N(C)C)=CC=CN=C2C=CC(=[N+](C)C)C=C(C2)S1. The molecule has 0 fully saturated rings. The van der Waals surface area contributed by atoms with Crippen LogP contribution in [0.2, 0.25) is 0 Å². The van der Waals surface area contributed by atoms with Gasteiger partial charge in [0.2, 0.25) is 0 Å². The summed E-state index contributed by atoms with van der Waals surface area (Å²) in [6.07, 6.45) is 15.5. The van der Waals surface area contributed by atoms with Gasteiger partial charge in [0, 0.05) is 55.2 Å². The molecule has 0 aromatic heterocycles. The standard InChI is InChI=1S/C18H24N3S/c1-14-11-16(20(2)3)7-6-10-19-15-8-9-17(21(4)5)13-18(12-15)22-14/h6-11,13H,12H2,1-5H3/q+1. The molecule has 0 aromatic rings. The summed E-state index contributed by atoms with van der Waals surface area (Å²) in [6, 6.07) is 0. The molecule has 2 bridgehead atoms. The maximum Gasteiger partial charge on any atom is 0.200 e. The highest BCUT2D eigenvalue weighted by Crippen LogP contribution is 2.30. The summed E-state index contributed by atoms with van der Waals surface area (Å²) in [5, 5.41) is 0. The lowest BCUT2D eigenvalue weighted by atomic mass is 10.2. The van der Waals surface area contributed by atoms with Gasteiger partial charge in [0.1, 0.15) is 14.1 Å². The van der Waals surface area contributed by atoms with Crippen LogP contribution >= 0.6 is 11.8 Å². The zero-order valence-corrected chi connectivity index (χ0v) is 14.8. The van der Waals surface area contributed by atoms with Crippen molar-refractivity contribution in [3.8, 4) is 0 Å². The molecule has 0 saturated heterocycles. The summed E-state index contributed by atoms with van der Waals surface area (Å²) in [5.41, 5.74) is 3.45. The van der Waals surface area contributed by atoms with Crippen LogP contribution in [0.4, 0.5) is 0 Å². The lowest BCUT2D eigenvalue weighted by Crippen LogP contribution is -2.09. The second-order valence-electron chi connectivity index (χ2n) is 5.75. The normalized spacial score (nSPS) is 18.5. The van der Waals surface area contributed by atoms with Gasteiger partial charge in [-0.1, -0.05) is 11.8 Å². The number of likely N-dealkylation sites (N-methyl/N-ethyl adjacent to an activating group) is 1. The highest BCUT2D eigenvalue weighted by atomic mass is 32.2. The molecule has 1 aliphatic carbocycles. The Labute approximate surface area is 137 Å². The number of hydrogen-bond donors (Lipinski definition) is 0. The van der Waals surface area contributed by atoms with Crippen molar-refractivity contribution in [3.05, 3.63) is 58.2 Å². The molecule has 1 aliphatic heterocycles. The molecule has 0 N–H and O–H groups in total. The van der Waals surface area contributed by atoms with Gasteiger partial charge in [0.05, 0.1) is 0 Å². The van der Waals surface area contributed by atoms with Crippen LogP contribution in [0, 0.1) is 0 Å². The minimum absolute atomic E-state index is 0.866. The number of nitrogens with zero attached hydrogens (tertiary/aromatic N) is 3. The fourth-order valence-corrected chi connectivity index (χ4v) is 3.16. The highest BCUT2D eigenvalue weighted by Gasteiger charge is 2.13. The second-order valence-corrected chi connectivity index (χ2v) is 7.12. The Kier molecular flexibility index (Phi) is 5.61. The molecule has 0 spiro atoms. The Balaban J connectivity index is 2.49. The molecular formula is C18H24N3S+. The summed E-state index contributed by atoms with van der Waals surface area (Å²) in [5.74, 6) is 0. The van der Waals surface area contributed by atoms with Gasteiger partial charge in [-0.3, -0.25) is 4.99 Å². The zero-order valence-electron chi connectivity index (χ0n) is 14.0. The van der Waals surface area contributed by atoms with Crippen LogP contribution in [0.3, 0.4) is 0 Å². The maximum atomic E-state index is 4.60. The molecule has 0 radical (unpaired) electrons. The van der Waals surface area contributed by atoms with Crippen molar-refractivity contribution < 1.29 is 4.58 Å². The van der Waals surface area contributed by atoms with Crippen LogP contribution in [0.25, 0.3) is 0 Å². The van der Waals surface area contributed by atoms with E-state index in [1.165, 1.54) is 21.2 Å². The second kappa shape index (κ2) is 7.45.